The molecule has 4 nitrogen and oxygen atoms in total. The molecule has 0 unspecified atom stereocenters. The molecule has 0 bridgehead atoms. The Morgan fingerprint density at radius 2 is 1.67 bits per heavy atom. The number of benzene rings is 3. The zero-order valence-electron chi connectivity index (χ0n) is 33.5. The number of aliphatic hydroxyl groups is 1. The second-order valence-electron chi connectivity index (χ2n) is 17.7. The van der Waals surface area contributed by atoms with E-state index in [1.165, 1.54) is 70.2 Å². The van der Waals surface area contributed by atoms with Crippen LogP contribution in [0.4, 0.5) is 0 Å². The van der Waals surface area contributed by atoms with Crippen LogP contribution in [0.25, 0.3) is 32.9 Å². The number of allylic oxidation sites excluding steroid dienone is 1. The van der Waals surface area contributed by atoms with E-state index in [4.69, 9.17) is 9.41 Å². The van der Waals surface area contributed by atoms with Crippen LogP contribution in [0.2, 0.25) is 13.1 Å². The van der Waals surface area contributed by atoms with Crippen LogP contribution in [0.1, 0.15) is 116 Å². The van der Waals surface area contributed by atoms with E-state index < -0.39 is 8.32 Å². The van der Waals surface area contributed by atoms with Gasteiger partial charge in [0.25, 0.3) is 8.32 Å². The topological polar surface area (TPSA) is 59.4 Å². The smallest absolute Gasteiger partial charge is 0.256 e. The van der Waals surface area contributed by atoms with Crippen molar-refractivity contribution in [2.24, 2.45) is 17.3 Å². The molecule has 3 aromatic carbocycles. The molecule has 1 fully saturated rings. The van der Waals surface area contributed by atoms with Gasteiger partial charge in [0.05, 0.1) is 5.52 Å². The van der Waals surface area contributed by atoms with Crippen molar-refractivity contribution >= 4 is 35.8 Å². The monoisotopic (exact) mass is 885 g/mol. The number of ketones is 1. The van der Waals surface area contributed by atoms with E-state index in [9.17, 15) is 9.90 Å². The number of rotatable bonds is 8. The maximum Gasteiger partial charge on any atom is 0.256 e. The Kier molecular flexibility index (Phi) is 14.3. The zero-order chi connectivity index (χ0) is 37.2. The number of pyridine rings is 1. The Balaban J connectivity index is 0.000000353. The summed E-state index contributed by atoms with van der Waals surface area (Å²) < 4.78 is 5.70. The molecule has 1 heterocycles. The van der Waals surface area contributed by atoms with Gasteiger partial charge in [-0.05, 0) is 98.0 Å². The first-order valence-electron chi connectivity index (χ1n) is 18.7. The molecule has 51 heavy (non-hydrogen) atoms. The molecule has 5 rings (SSSR count). The van der Waals surface area contributed by atoms with Crippen molar-refractivity contribution in [3.05, 3.63) is 88.3 Å². The summed E-state index contributed by atoms with van der Waals surface area (Å²) in [5, 5.41) is 13.9. The van der Waals surface area contributed by atoms with Gasteiger partial charge < -0.3 is 9.53 Å². The standard InChI is InChI=1S/C33H38N.C12H24O3Si.Ir/c1-21-16-22(2)31-27(23-12-14-33(6,7)15-13-23)20-29(34-30(31)17-21)25-18-24-10-8-9-11-26(24)28(19-25)32(3,4)5;1-9(2)8-15-16(5,6)12(14)7-11(13)10(3)4;/h8-11,16-17,19-20,23H,12-15H2,1-7H3;7,9-10,14H,8H2,1-6H3;/q-1;;/b;12-7+;. The molecule has 0 saturated heterocycles. The summed E-state index contributed by atoms with van der Waals surface area (Å²) in [5.41, 5.74) is 9.30. The second kappa shape index (κ2) is 17.0. The normalized spacial score (nSPS) is 15.5. The van der Waals surface area contributed by atoms with E-state index in [2.05, 4.69) is 117 Å². The summed E-state index contributed by atoms with van der Waals surface area (Å²) >= 11 is 0. The molecule has 1 aliphatic carbocycles. The number of hydrogen-bond acceptors (Lipinski definition) is 4. The number of carbonyl (C=O) groups excluding carboxylic acids is 1. The van der Waals surface area contributed by atoms with E-state index in [0.717, 1.165) is 16.8 Å². The van der Waals surface area contributed by atoms with Crippen molar-refractivity contribution in [3.63, 3.8) is 0 Å². The van der Waals surface area contributed by atoms with Gasteiger partial charge in [0.15, 0.2) is 5.78 Å². The van der Waals surface area contributed by atoms with Crippen molar-refractivity contribution in [2.45, 2.75) is 126 Å². The van der Waals surface area contributed by atoms with Gasteiger partial charge in [-0.3, -0.25) is 9.78 Å². The van der Waals surface area contributed by atoms with Gasteiger partial charge in [0.1, 0.15) is 5.38 Å². The number of nitrogens with zero attached hydrogens (tertiary/aromatic N) is 1. The Hall–Kier alpha value is -2.63. The van der Waals surface area contributed by atoms with Crippen molar-refractivity contribution in [1.29, 1.82) is 0 Å². The Morgan fingerprint density at radius 3 is 2.25 bits per heavy atom. The Morgan fingerprint density at radius 1 is 1.04 bits per heavy atom. The molecule has 0 aliphatic heterocycles. The molecule has 0 atom stereocenters. The van der Waals surface area contributed by atoms with Gasteiger partial charge in [-0.25, -0.2) is 0 Å². The third kappa shape index (κ3) is 10.9. The van der Waals surface area contributed by atoms with Crippen LogP contribution in [-0.4, -0.2) is 30.8 Å². The van der Waals surface area contributed by atoms with Crippen molar-refractivity contribution in [2.75, 3.05) is 6.61 Å². The van der Waals surface area contributed by atoms with Crippen LogP contribution in [-0.2, 0) is 34.7 Å². The summed E-state index contributed by atoms with van der Waals surface area (Å²) in [6, 6.07) is 21.7. The van der Waals surface area contributed by atoms with E-state index in [0.29, 0.717) is 23.9 Å². The first-order valence-corrected chi connectivity index (χ1v) is 21.6. The van der Waals surface area contributed by atoms with E-state index in [-0.39, 0.29) is 42.6 Å². The van der Waals surface area contributed by atoms with Gasteiger partial charge in [-0.1, -0.05) is 104 Å². The third-order valence-electron chi connectivity index (χ3n) is 10.2. The minimum atomic E-state index is -2.28. The summed E-state index contributed by atoms with van der Waals surface area (Å²) in [6.45, 7) is 28.3. The number of hydrogen-bond donors (Lipinski definition) is 1. The van der Waals surface area contributed by atoms with Crippen LogP contribution in [0.5, 0.6) is 0 Å². The number of aryl methyl sites for hydroxylation is 2. The first-order chi connectivity index (χ1) is 23.2. The third-order valence-corrected chi connectivity index (χ3v) is 12.4. The van der Waals surface area contributed by atoms with Gasteiger partial charge in [-0.2, -0.15) is 0 Å². The van der Waals surface area contributed by atoms with Crippen LogP contribution in [0.3, 0.4) is 0 Å². The molecule has 4 aromatic rings. The van der Waals surface area contributed by atoms with Gasteiger partial charge in [-0.15, -0.1) is 29.1 Å². The molecule has 1 aromatic heterocycles. The SMILES string of the molecule is CC(C)CO[Si](C)(C)/C(O)=C/C(=O)C(C)C.Cc1cc(C)c2c(C3CCC(C)(C)CC3)cc(-c3[c-]c4ccccc4c(C(C)(C)C)c3)nc2c1.[Ir]. The Labute approximate surface area is 323 Å². The molecular weight excluding hydrogens is 823 g/mol. The number of carbonyl (C=O) groups is 1. The predicted molar refractivity (Wildman–Crippen MR) is 216 cm³/mol. The molecule has 1 aliphatic rings. The van der Waals surface area contributed by atoms with Crippen LogP contribution >= 0.6 is 0 Å². The molecule has 1 saturated carbocycles. The molecule has 0 spiro atoms. The maximum absolute atomic E-state index is 11.5. The molecule has 6 heteroatoms. The molecule has 279 valence electrons. The number of fused-ring (bicyclic) bond motifs is 2. The predicted octanol–water partition coefficient (Wildman–Crippen LogP) is 12.5. The van der Waals surface area contributed by atoms with E-state index >= 15 is 0 Å². The summed E-state index contributed by atoms with van der Waals surface area (Å²) in [5.74, 6) is 0.893. The summed E-state index contributed by atoms with van der Waals surface area (Å²) in [7, 11) is -2.28. The first kappa shape index (κ1) is 42.8. The average molecular weight is 885 g/mol. The molecular formula is C45H62IrNO3Si-. The van der Waals surface area contributed by atoms with Crippen LogP contribution < -0.4 is 0 Å². The molecule has 1 radical (unpaired) electrons. The quantitative estimate of drug-likeness (QED) is 0.0829. The van der Waals surface area contributed by atoms with Gasteiger partial charge >= 0.3 is 0 Å². The van der Waals surface area contributed by atoms with Gasteiger partial charge in [0, 0.05) is 49.8 Å². The van der Waals surface area contributed by atoms with E-state index in [1.54, 1.807) is 0 Å². The minimum Gasteiger partial charge on any atom is -0.514 e. The van der Waals surface area contributed by atoms with Crippen molar-refractivity contribution < 1.29 is 34.4 Å². The minimum absolute atomic E-state index is 0. The van der Waals surface area contributed by atoms with Crippen LogP contribution in [0.15, 0.2) is 60.0 Å². The fourth-order valence-corrected chi connectivity index (χ4v) is 8.26. The van der Waals surface area contributed by atoms with Crippen LogP contribution in [0, 0.1) is 37.2 Å². The Bertz CT molecular complexity index is 1860. The number of aliphatic hydroxyl groups excluding tert-OH is 1. The fraction of sp³-hybridized carbons (Fsp3) is 0.511. The second-order valence-corrected chi connectivity index (χ2v) is 21.5. The molecule has 0 amide bonds. The van der Waals surface area contributed by atoms with Crippen molar-refractivity contribution in [3.8, 4) is 11.3 Å². The number of aromatic nitrogens is 1. The fourth-order valence-electron chi connectivity index (χ4n) is 6.87. The maximum atomic E-state index is 11.5. The summed E-state index contributed by atoms with van der Waals surface area (Å²) in [4.78, 5) is 16.7. The van der Waals surface area contributed by atoms with E-state index in [1.807, 2.05) is 26.9 Å². The largest absolute Gasteiger partial charge is 0.514 e. The van der Waals surface area contributed by atoms with Crippen molar-refractivity contribution in [1.82, 2.24) is 4.98 Å². The average Bonchev–Trinajstić information content (AvgIpc) is 3.02. The zero-order valence-corrected chi connectivity index (χ0v) is 36.9. The summed E-state index contributed by atoms with van der Waals surface area (Å²) in [6.07, 6.45) is 6.42. The molecule has 1 N–H and O–H groups in total. The van der Waals surface area contributed by atoms with Gasteiger partial charge in [0.2, 0.25) is 0 Å².